The molecule has 5 heteroatoms. The number of piperidine rings is 1. The van der Waals surface area contributed by atoms with E-state index in [0.717, 1.165) is 19.3 Å². The van der Waals surface area contributed by atoms with Crippen molar-refractivity contribution in [3.05, 3.63) is 0 Å². The Hall–Kier alpha value is -1.26. The van der Waals surface area contributed by atoms with Gasteiger partial charge in [0.15, 0.2) is 0 Å². The first kappa shape index (κ1) is 10.8. The minimum Gasteiger partial charge on any atom is -0.465 e. The number of hydrogen-bond acceptors (Lipinski definition) is 2. The van der Waals surface area contributed by atoms with Crippen LogP contribution in [-0.4, -0.2) is 46.7 Å². The van der Waals surface area contributed by atoms with E-state index in [1.165, 1.54) is 16.7 Å². The number of likely N-dealkylation sites (tertiary alicyclic amines) is 1. The van der Waals surface area contributed by atoms with Crippen molar-refractivity contribution in [2.45, 2.75) is 32.4 Å². The number of carbonyl (C=O) groups is 2. The van der Waals surface area contributed by atoms with Crippen LogP contribution in [0, 0.1) is 0 Å². The molecule has 0 aromatic heterocycles. The van der Waals surface area contributed by atoms with Crippen LogP contribution in [-0.2, 0) is 4.79 Å². The first-order chi connectivity index (χ1) is 6.54. The van der Waals surface area contributed by atoms with Crippen molar-refractivity contribution in [3.63, 3.8) is 0 Å². The number of carbonyl (C=O) groups excluding carboxylic acids is 1. The van der Waals surface area contributed by atoms with Crippen LogP contribution < -0.4 is 0 Å². The highest BCUT2D eigenvalue weighted by molar-refractivity contribution is 5.74. The molecule has 1 saturated heterocycles. The van der Waals surface area contributed by atoms with E-state index in [1.807, 2.05) is 0 Å². The van der Waals surface area contributed by atoms with Gasteiger partial charge >= 0.3 is 6.09 Å². The van der Waals surface area contributed by atoms with Crippen LogP contribution >= 0.6 is 0 Å². The van der Waals surface area contributed by atoms with E-state index in [9.17, 15) is 9.59 Å². The number of amides is 2. The minimum atomic E-state index is -0.942. The summed E-state index contributed by atoms with van der Waals surface area (Å²) >= 11 is 0. The van der Waals surface area contributed by atoms with E-state index in [4.69, 9.17) is 5.11 Å². The summed E-state index contributed by atoms with van der Waals surface area (Å²) in [4.78, 5) is 24.8. The molecule has 1 unspecified atom stereocenters. The lowest BCUT2D eigenvalue weighted by atomic mass is 10.1. The fraction of sp³-hybridized carbons (Fsp3) is 0.778. The van der Waals surface area contributed by atoms with E-state index < -0.39 is 6.09 Å². The van der Waals surface area contributed by atoms with Gasteiger partial charge in [0.05, 0.1) is 0 Å². The molecule has 0 radical (unpaired) electrons. The van der Waals surface area contributed by atoms with E-state index in [0.29, 0.717) is 6.54 Å². The summed E-state index contributed by atoms with van der Waals surface area (Å²) in [6.07, 6.45) is 1.38. The SMILES string of the molecule is CC(=O)N(C)C1CCCCN1C(=O)O. The smallest absolute Gasteiger partial charge is 0.408 e. The molecule has 1 heterocycles. The molecule has 0 saturated carbocycles. The molecule has 1 N–H and O–H groups in total. The predicted molar refractivity (Wildman–Crippen MR) is 50.8 cm³/mol. The van der Waals surface area contributed by atoms with Crippen LogP contribution in [0.3, 0.4) is 0 Å². The number of rotatable bonds is 1. The number of carboxylic acid groups (broad SMARTS) is 1. The number of hydrogen-bond donors (Lipinski definition) is 1. The lowest BCUT2D eigenvalue weighted by molar-refractivity contribution is -0.133. The van der Waals surface area contributed by atoms with Gasteiger partial charge in [0.2, 0.25) is 5.91 Å². The Labute approximate surface area is 83.3 Å². The summed E-state index contributed by atoms with van der Waals surface area (Å²) in [5, 5.41) is 8.93. The Morgan fingerprint density at radius 1 is 1.43 bits per heavy atom. The standard InChI is InChI=1S/C9H16N2O3/c1-7(12)10(2)8-5-3-4-6-11(8)9(13)14/h8H,3-6H2,1-2H3,(H,13,14). The maximum absolute atomic E-state index is 11.1. The van der Waals surface area contributed by atoms with Gasteiger partial charge in [0, 0.05) is 20.5 Å². The molecule has 0 aliphatic carbocycles. The van der Waals surface area contributed by atoms with Gasteiger partial charge in [-0.15, -0.1) is 0 Å². The van der Waals surface area contributed by atoms with Gasteiger partial charge in [-0.1, -0.05) is 0 Å². The molecule has 1 aliphatic rings. The second-order valence-corrected chi connectivity index (χ2v) is 3.58. The van der Waals surface area contributed by atoms with Crippen molar-refractivity contribution in [2.75, 3.05) is 13.6 Å². The summed E-state index contributed by atoms with van der Waals surface area (Å²) in [6.45, 7) is 1.98. The predicted octanol–water partition coefficient (Wildman–Crippen LogP) is 0.955. The largest absolute Gasteiger partial charge is 0.465 e. The van der Waals surface area contributed by atoms with Crippen molar-refractivity contribution in [1.82, 2.24) is 9.80 Å². The van der Waals surface area contributed by atoms with Crippen LogP contribution in [0.1, 0.15) is 26.2 Å². The van der Waals surface area contributed by atoms with Gasteiger partial charge in [-0.3, -0.25) is 9.69 Å². The van der Waals surface area contributed by atoms with Gasteiger partial charge in [-0.05, 0) is 19.3 Å². The van der Waals surface area contributed by atoms with Crippen molar-refractivity contribution in [3.8, 4) is 0 Å². The van der Waals surface area contributed by atoms with Crippen LogP contribution in [0.2, 0.25) is 0 Å². The van der Waals surface area contributed by atoms with Crippen molar-refractivity contribution in [2.24, 2.45) is 0 Å². The Kier molecular flexibility index (Phi) is 3.33. The highest BCUT2D eigenvalue weighted by Gasteiger charge is 2.30. The molecule has 0 bridgehead atoms. The van der Waals surface area contributed by atoms with Crippen LogP contribution in [0.15, 0.2) is 0 Å². The number of nitrogens with zero attached hydrogens (tertiary/aromatic N) is 2. The van der Waals surface area contributed by atoms with Crippen molar-refractivity contribution < 1.29 is 14.7 Å². The van der Waals surface area contributed by atoms with E-state index in [-0.39, 0.29) is 12.1 Å². The average molecular weight is 200 g/mol. The molecule has 0 aromatic carbocycles. The van der Waals surface area contributed by atoms with Gasteiger partial charge in [0.1, 0.15) is 6.17 Å². The lowest BCUT2D eigenvalue weighted by Gasteiger charge is -2.38. The molecular weight excluding hydrogens is 184 g/mol. The van der Waals surface area contributed by atoms with Crippen LogP contribution in [0.4, 0.5) is 4.79 Å². The van der Waals surface area contributed by atoms with Crippen molar-refractivity contribution >= 4 is 12.0 Å². The first-order valence-electron chi connectivity index (χ1n) is 4.77. The topological polar surface area (TPSA) is 60.9 Å². The lowest BCUT2D eigenvalue weighted by Crippen LogP contribution is -2.52. The van der Waals surface area contributed by atoms with E-state index >= 15 is 0 Å². The fourth-order valence-electron chi connectivity index (χ4n) is 1.75. The quantitative estimate of drug-likeness (QED) is 0.685. The molecular formula is C9H16N2O3. The average Bonchev–Trinajstić information content (AvgIpc) is 2.16. The highest BCUT2D eigenvalue weighted by atomic mass is 16.4. The van der Waals surface area contributed by atoms with Crippen LogP contribution in [0.25, 0.3) is 0 Å². The monoisotopic (exact) mass is 200 g/mol. The molecule has 1 rings (SSSR count). The Bertz CT molecular complexity index is 242. The maximum atomic E-state index is 11.1. The summed E-state index contributed by atoms with van der Waals surface area (Å²) in [6, 6.07) is 0. The Balaban J connectivity index is 2.72. The molecule has 0 spiro atoms. The third kappa shape index (κ3) is 2.16. The van der Waals surface area contributed by atoms with Crippen LogP contribution in [0.5, 0.6) is 0 Å². The summed E-state index contributed by atoms with van der Waals surface area (Å²) in [7, 11) is 1.65. The molecule has 1 aliphatic heterocycles. The molecule has 5 nitrogen and oxygen atoms in total. The zero-order valence-electron chi connectivity index (χ0n) is 8.56. The third-order valence-electron chi connectivity index (χ3n) is 2.66. The van der Waals surface area contributed by atoms with Gasteiger partial charge in [-0.2, -0.15) is 0 Å². The minimum absolute atomic E-state index is 0.0943. The summed E-state index contributed by atoms with van der Waals surface area (Å²) < 4.78 is 0. The molecule has 80 valence electrons. The second kappa shape index (κ2) is 4.30. The Morgan fingerprint density at radius 2 is 2.07 bits per heavy atom. The van der Waals surface area contributed by atoms with Crippen molar-refractivity contribution in [1.29, 1.82) is 0 Å². The third-order valence-corrected chi connectivity index (χ3v) is 2.66. The molecule has 1 fully saturated rings. The molecule has 2 amide bonds. The molecule has 0 aromatic rings. The normalized spacial score (nSPS) is 21.9. The van der Waals surface area contributed by atoms with Gasteiger partial charge in [-0.25, -0.2) is 4.79 Å². The van der Waals surface area contributed by atoms with E-state index in [2.05, 4.69) is 0 Å². The molecule has 14 heavy (non-hydrogen) atoms. The van der Waals surface area contributed by atoms with E-state index in [1.54, 1.807) is 7.05 Å². The maximum Gasteiger partial charge on any atom is 0.408 e. The zero-order chi connectivity index (χ0) is 10.7. The van der Waals surface area contributed by atoms with Gasteiger partial charge in [0.25, 0.3) is 0 Å². The first-order valence-corrected chi connectivity index (χ1v) is 4.77. The Morgan fingerprint density at radius 3 is 2.57 bits per heavy atom. The summed E-state index contributed by atoms with van der Waals surface area (Å²) in [5.74, 6) is -0.0943. The van der Waals surface area contributed by atoms with Gasteiger partial charge < -0.3 is 10.0 Å². The highest BCUT2D eigenvalue weighted by Crippen LogP contribution is 2.19. The summed E-state index contributed by atoms with van der Waals surface area (Å²) in [5.41, 5.74) is 0. The second-order valence-electron chi connectivity index (χ2n) is 3.58. The zero-order valence-corrected chi connectivity index (χ0v) is 8.56. The fourth-order valence-corrected chi connectivity index (χ4v) is 1.75. The molecule has 1 atom stereocenters.